The molecule has 1 aromatic heterocycles. The number of amides is 1. The van der Waals surface area contributed by atoms with Gasteiger partial charge in [0.15, 0.2) is 0 Å². The molecule has 1 amide bonds. The smallest absolute Gasteiger partial charge is 0.253 e. The highest BCUT2D eigenvalue weighted by molar-refractivity contribution is 9.10. The molecule has 4 nitrogen and oxygen atoms in total. The lowest BCUT2D eigenvalue weighted by atomic mass is 10.1. The molecular weight excluding hydrogens is 318 g/mol. The molecule has 0 saturated heterocycles. The number of rotatable bonds is 4. The van der Waals surface area contributed by atoms with Crippen molar-refractivity contribution in [1.29, 1.82) is 0 Å². The molecule has 0 aliphatic rings. The van der Waals surface area contributed by atoms with Crippen molar-refractivity contribution < 1.29 is 4.79 Å². The number of nitrogens with one attached hydrogen (secondary N) is 1. The van der Waals surface area contributed by atoms with E-state index < -0.39 is 0 Å². The average molecular weight is 334 g/mol. The Hall–Kier alpha value is -1.75. The molecule has 0 aliphatic heterocycles. The Morgan fingerprint density at radius 3 is 2.80 bits per heavy atom. The third kappa shape index (κ3) is 3.63. The number of aryl methyl sites for hydroxylation is 2. The summed E-state index contributed by atoms with van der Waals surface area (Å²) in [4.78, 5) is 12.2. The van der Waals surface area contributed by atoms with Crippen LogP contribution in [0.5, 0.6) is 0 Å². The molecule has 104 valence electrons. The van der Waals surface area contributed by atoms with E-state index in [1.807, 2.05) is 38.1 Å². The number of carbonyl (C=O) groups is 1. The second-order valence-electron chi connectivity index (χ2n) is 4.51. The molecule has 20 heavy (non-hydrogen) atoms. The second-order valence-corrected chi connectivity index (χ2v) is 5.43. The molecule has 1 aromatic carbocycles. The summed E-state index contributed by atoms with van der Waals surface area (Å²) in [5.74, 6) is -0.111. The van der Waals surface area contributed by atoms with Crippen LogP contribution in [0.4, 0.5) is 0 Å². The Morgan fingerprint density at radius 1 is 1.30 bits per heavy atom. The van der Waals surface area contributed by atoms with E-state index >= 15 is 0 Å². The van der Waals surface area contributed by atoms with Crippen molar-refractivity contribution in [2.24, 2.45) is 0 Å². The maximum Gasteiger partial charge on any atom is 0.253 e. The Kier molecular flexibility index (Phi) is 4.84. The molecule has 0 fully saturated rings. The molecule has 0 aliphatic carbocycles. The van der Waals surface area contributed by atoms with E-state index in [0.717, 1.165) is 21.4 Å². The summed E-state index contributed by atoms with van der Waals surface area (Å²) in [6, 6.07) is 9.64. The number of hydrogen-bond acceptors (Lipinski definition) is 3. The maximum atomic E-state index is 12.2. The first-order chi connectivity index (χ1) is 9.60. The Morgan fingerprint density at radius 2 is 2.10 bits per heavy atom. The molecule has 0 atom stereocenters. The first-order valence-electron chi connectivity index (χ1n) is 6.46. The maximum absolute atomic E-state index is 12.2. The first-order valence-corrected chi connectivity index (χ1v) is 7.25. The Labute approximate surface area is 126 Å². The van der Waals surface area contributed by atoms with Crippen LogP contribution in [-0.2, 0) is 13.0 Å². The quantitative estimate of drug-likeness (QED) is 0.935. The van der Waals surface area contributed by atoms with Gasteiger partial charge in [0.1, 0.15) is 0 Å². The van der Waals surface area contributed by atoms with Gasteiger partial charge < -0.3 is 5.32 Å². The van der Waals surface area contributed by atoms with Crippen molar-refractivity contribution in [1.82, 2.24) is 15.5 Å². The minimum Gasteiger partial charge on any atom is -0.348 e. The fourth-order valence-corrected chi connectivity index (χ4v) is 2.34. The number of hydrogen-bond donors (Lipinski definition) is 1. The third-order valence-electron chi connectivity index (χ3n) is 2.91. The number of aromatic nitrogens is 2. The molecule has 0 bridgehead atoms. The van der Waals surface area contributed by atoms with Crippen LogP contribution in [0.1, 0.15) is 34.2 Å². The zero-order chi connectivity index (χ0) is 14.5. The van der Waals surface area contributed by atoms with Gasteiger partial charge in [0.05, 0.1) is 17.0 Å². The molecule has 2 rings (SSSR count). The molecule has 1 N–H and O–H groups in total. The van der Waals surface area contributed by atoms with Crippen LogP contribution >= 0.6 is 15.9 Å². The van der Waals surface area contributed by atoms with Crippen molar-refractivity contribution in [2.45, 2.75) is 26.8 Å². The molecule has 0 spiro atoms. The Bertz CT molecular complexity index is 628. The number of halogens is 1. The summed E-state index contributed by atoms with van der Waals surface area (Å²) in [5, 5.41) is 11.0. The van der Waals surface area contributed by atoms with E-state index in [4.69, 9.17) is 0 Å². The monoisotopic (exact) mass is 333 g/mol. The highest BCUT2D eigenvalue weighted by atomic mass is 79.9. The molecular formula is C15H16BrN3O. The van der Waals surface area contributed by atoms with Gasteiger partial charge in [0.25, 0.3) is 5.91 Å². The summed E-state index contributed by atoms with van der Waals surface area (Å²) < 4.78 is 1.000. The van der Waals surface area contributed by atoms with Gasteiger partial charge in [-0.15, -0.1) is 0 Å². The van der Waals surface area contributed by atoms with Crippen LogP contribution in [0.2, 0.25) is 0 Å². The van der Waals surface area contributed by atoms with Crippen molar-refractivity contribution in [3.8, 4) is 0 Å². The lowest BCUT2D eigenvalue weighted by Crippen LogP contribution is -2.24. The fourth-order valence-electron chi connectivity index (χ4n) is 1.90. The average Bonchev–Trinajstić information content (AvgIpc) is 2.45. The van der Waals surface area contributed by atoms with Gasteiger partial charge in [0.2, 0.25) is 0 Å². The van der Waals surface area contributed by atoms with Crippen LogP contribution in [-0.4, -0.2) is 16.1 Å². The standard InChI is InChI=1S/C15H16BrN3O/c1-3-14-13(7-10(2)18-19-14)15(20)17-9-11-5-4-6-12(16)8-11/h4-8H,3,9H2,1-2H3,(H,17,20). The first kappa shape index (κ1) is 14.7. The molecule has 0 unspecified atom stereocenters. The second kappa shape index (κ2) is 6.61. The molecule has 2 aromatic rings. The summed E-state index contributed by atoms with van der Waals surface area (Å²) >= 11 is 3.42. The Balaban J connectivity index is 2.10. The van der Waals surface area contributed by atoms with Gasteiger partial charge in [-0.2, -0.15) is 10.2 Å². The highest BCUT2D eigenvalue weighted by Gasteiger charge is 2.12. The van der Waals surface area contributed by atoms with E-state index in [2.05, 4.69) is 31.4 Å². The summed E-state index contributed by atoms with van der Waals surface area (Å²) in [6.45, 7) is 4.28. The SMILES string of the molecule is CCc1nnc(C)cc1C(=O)NCc1cccc(Br)c1. The summed E-state index contributed by atoms with van der Waals surface area (Å²) in [6.07, 6.45) is 0.687. The van der Waals surface area contributed by atoms with Gasteiger partial charge >= 0.3 is 0 Å². The predicted octanol–water partition coefficient (Wildman–Crippen LogP) is 3.04. The third-order valence-corrected chi connectivity index (χ3v) is 3.41. The van der Waals surface area contributed by atoms with Crippen molar-refractivity contribution >= 4 is 21.8 Å². The predicted molar refractivity (Wildman–Crippen MR) is 81.5 cm³/mol. The lowest BCUT2D eigenvalue weighted by molar-refractivity contribution is 0.0949. The normalized spacial score (nSPS) is 10.3. The van der Waals surface area contributed by atoms with E-state index in [9.17, 15) is 4.79 Å². The van der Waals surface area contributed by atoms with Gasteiger partial charge in [-0.1, -0.05) is 35.0 Å². The number of carbonyl (C=O) groups excluding carboxylic acids is 1. The molecule has 5 heteroatoms. The summed E-state index contributed by atoms with van der Waals surface area (Å²) in [5.41, 5.74) is 3.12. The zero-order valence-electron chi connectivity index (χ0n) is 11.5. The van der Waals surface area contributed by atoms with E-state index in [1.165, 1.54) is 0 Å². The molecule has 0 saturated carbocycles. The van der Waals surface area contributed by atoms with Crippen molar-refractivity contribution in [3.05, 3.63) is 57.3 Å². The zero-order valence-corrected chi connectivity index (χ0v) is 13.1. The van der Waals surface area contributed by atoms with Crippen molar-refractivity contribution in [2.75, 3.05) is 0 Å². The lowest BCUT2D eigenvalue weighted by Gasteiger charge is -2.09. The van der Waals surface area contributed by atoms with Crippen LogP contribution in [0.15, 0.2) is 34.8 Å². The van der Waals surface area contributed by atoms with Gasteiger partial charge in [-0.3, -0.25) is 4.79 Å². The van der Waals surface area contributed by atoms with E-state index in [1.54, 1.807) is 6.07 Å². The highest BCUT2D eigenvalue weighted by Crippen LogP contribution is 2.12. The van der Waals surface area contributed by atoms with Crippen molar-refractivity contribution in [3.63, 3.8) is 0 Å². The van der Waals surface area contributed by atoms with Gasteiger partial charge in [-0.25, -0.2) is 0 Å². The van der Waals surface area contributed by atoms with E-state index in [0.29, 0.717) is 18.5 Å². The summed E-state index contributed by atoms with van der Waals surface area (Å²) in [7, 11) is 0. The fraction of sp³-hybridized carbons (Fsp3) is 0.267. The minimum atomic E-state index is -0.111. The van der Waals surface area contributed by atoms with Crippen LogP contribution < -0.4 is 5.32 Å². The minimum absolute atomic E-state index is 0.111. The topological polar surface area (TPSA) is 54.9 Å². The van der Waals surface area contributed by atoms with Gasteiger partial charge in [0, 0.05) is 11.0 Å². The van der Waals surface area contributed by atoms with Crippen LogP contribution in [0, 0.1) is 6.92 Å². The number of nitrogens with zero attached hydrogens (tertiary/aromatic N) is 2. The molecule has 0 radical (unpaired) electrons. The van der Waals surface area contributed by atoms with Crippen LogP contribution in [0.25, 0.3) is 0 Å². The largest absolute Gasteiger partial charge is 0.348 e. The molecule has 1 heterocycles. The van der Waals surface area contributed by atoms with Crippen LogP contribution in [0.3, 0.4) is 0 Å². The van der Waals surface area contributed by atoms with E-state index in [-0.39, 0.29) is 5.91 Å². The van der Waals surface area contributed by atoms with Gasteiger partial charge in [-0.05, 0) is 37.1 Å². The number of benzene rings is 1.